The molecule has 1 saturated heterocycles. The van der Waals surface area contributed by atoms with Crippen LogP contribution in [0.1, 0.15) is 39.0 Å². The summed E-state index contributed by atoms with van der Waals surface area (Å²) in [6, 6.07) is 3.46. The lowest BCUT2D eigenvalue weighted by molar-refractivity contribution is 0.0932. The first-order chi connectivity index (χ1) is 10.8. The van der Waals surface area contributed by atoms with Crippen molar-refractivity contribution in [3.05, 3.63) is 17.2 Å². The third-order valence-corrected chi connectivity index (χ3v) is 8.56. The van der Waals surface area contributed by atoms with Crippen LogP contribution in [-0.2, 0) is 9.84 Å². The van der Waals surface area contributed by atoms with Crippen LogP contribution in [-0.4, -0.2) is 42.3 Å². The number of nitrogen functional groups attached to an aromatic ring is 1. The highest BCUT2D eigenvalue weighted by molar-refractivity contribution is 7.93. The number of rotatable bonds is 3. The molecule has 1 aliphatic heterocycles. The molecule has 7 heteroatoms. The Bertz CT molecular complexity index is 708. The smallest absolute Gasteiger partial charge is 0.189 e. The van der Waals surface area contributed by atoms with Gasteiger partial charge in [-0.05, 0) is 57.8 Å². The van der Waals surface area contributed by atoms with E-state index in [1.807, 2.05) is 0 Å². The number of benzene rings is 1. The maximum absolute atomic E-state index is 13.1. The van der Waals surface area contributed by atoms with Gasteiger partial charge in [0.15, 0.2) is 15.6 Å². The van der Waals surface area contributed by atoms with Gasteiger partial charge < -0.3 is 15.7 Å². The van der Waals surface area contributed by atoms with Crippen LogP contribution in [0.2, 0.25) is 5.02 Å². The first kappa shape index (κ1) is 16.9. The number of likely N-dealkylation sites (tertiary alicyclic amines) is 1. The molecule has 0 bridgehead atoms. The van der Waals surface area contributed by atoms with Crippen molar-refractivity contribution in [2.24, 2.45) is 0 Å². The van der Waals surface area contributed by atoms with Crippen LogP contribution in [0.5, 0.6) is 5.75 Å². The highest BCUT2D eigenvalue weighted by Gasteiger charge is 2.46. The molecule has 3 rings (SSSR count). The Kier molecular flexibility index (Phi) is 4.27. The molecule has 0 amide bonds. The van der Waals surface area contributed by atoms with E-state index in [4.69, 9.17) is 17.3 Å². The molecule has 0 aromatic heterocycles. The lowest BCUT2D eigenvalue weighted by Crippen LogP contribution is -2.51. The van der Waals surface area contributed by atoms with Gasteiger partial charge in [-0.3, -0.25) is 0 Å². The van der Waals surface area contributed by atoms with Crippen molar-refractivity contribution >= 4 is 27.1 Å². The average Bonchev–Trinajstić information content (AvgIpc) is 2.44. The van der Waals surface area contributed by atoms with Crippen LogP contribution in [0.4, 0.5) is 5.69 Å². The fourth-order valence-corrected chi connectivity index (χ4v) is 5.81. The van der Waals surface area contributed by atoms with E-state index >= 15 is 0 Å². The molecule has 1 aromatic rings. The maximum atomic E-state index is 13.1. The summed E-state index contributed by atoms with van der Waals surface area (Å²) in [4.78, 5) is 2.17. The molecule has 0 unspecified atom stereocenters. The predicted molar refractivity (Wildman–Crippen MR) is 91.6 cm³/mol. The summed E-state index contributed by atoms with van der Waals surface area (Å²) >= 11 is 6.07. The topological polar surface area (TPSA) is 83.6 Å². The maximum Gasteiger partial charge on any atom is 0.189 e. The molecule has 1 aromatic carbocycles. The highest BCUT2D eigenvalue weighted by Crippen LogP contribution is 2.44. The lowest BCUT2D eigenvalue weighted by Gasteiger charge is -2.45. The summed E-state index contributed by atoms with van der Waals surface area (Å²) in [5.74, 6) is -0.430. The molecule has 0 atom stereocenters. The lowest BCUT2D eigenvalue weighted by atomic mass is 9.88. The Balaban J connectivity index is 1.89. The van der Waals surface area contributed by atoms with E-state index in [1.54, 1.807) is 6.92 Å². The van der Waals surface area contributed by atoms with Crippen molar-refractivity contribution in [1.29, 1.82) is 0 Å². The minimum Gasteiger partial charge on any atom is -0.504 e. The fourth-order valence-electron chi connectivity index (χ4n) is 3.45. The van der Waals surface area contributed by atoms with E-state index in [-0.39, 0.29) is 15.6 Å². The normalized spacial score (nSPS) is 22.7. The second-order valence-electron chi connectivity index (χ2n) is 6.89. The monoisotopic (exact) mass is 358 g/mol. The van der Waals surface area contributed by atoms with Gasteiger partial charge in [-0.25, -0.2) is 8.42 Å². The van der Waals surface area contributed by atoms with E-state index in [9.17, 15) is 13.5 Å². The van der Waals surface area contributed by atoms with Crippen LogP contribution >= 0.6 is 11.6 Å². The van der Waals surface area contributed by atoms with Gasteiger partial charge in [-0.15, -0.1) is 0 Å². The van der Waals surface area contributed by atoms with Crippen LogP contribution in [0, 0.1) is 0 Å². The number of aromatic hydroxyl groups is 1. The number of sulfone groups is 1. The summed E-state index contributed by atoms with van der Waals surface area (Å²) in [5.41, 5.74) is 5.70. The number of nitrogens with zero attached hydrogens (tertiary/aromatic N) is 1. The minimum absolute atomic E-state index is 0.0272. The Morgan fingerprint density at radius 1 is 1.30 bits per heavy atom. The van der Waals surface area contributed by atoms with E-state index in [1.165, 1.54) is 31.4 Å². The summed E-state index contributed by atoms with van der Waals surface area (Å²) in [7, 11) is -3.77. The van der Waals surface area contributed by atoms with Crippen LogP contribution in [0.3, 0.4) is 0 Å². The molecule has 128 valence electrons. The number of hydrogen-bond acceptors (Lipinski definition) is 5. The number of hydrogen-bond donors (Lipinski definition) is 2. The van der Waals surface area contributed by atoms with Crippen molar-refractivity contribution < 1.29 is 13.5 Å². The molecule has 1 heterocycles. The number of anilines is 1. The molecule has 3 N–H and O–H groups in total. The quantitative estimate of drug-likeness (QED) is 0.641. The average molecular weight is 359 g/mol. The van der Waals surface area contributed by atoms with E-state index in [2.05, 4.69) is 4.90 Å². The van der Waals surface area contributed by atoms with Crippen molar-refractivity contribution in [1.82, 2.24) is 4.90 Å². The van der Waals surface area contributed by atoms with Gasteiger partial charge in [0.2, 0.25) is 0 Å². The number of phenols is 1. The summed E-state index contributed by atoms with van der Waals surface area (Å²) in [5, 5.41) is 10.2. The molecule has 0 radical (unpaired) electrons. The highest BCUT2D eigenvalue weighted by atomic mass is 35.5. The third-order valence-electron chi connectivity index (χ3n) is 5.48. The second-order valence-corrected chi connectivity index (χ2v) is 9.70. The van der Waals surface area contributed by atoms with Crippen molar-refractivity contribution in [2.75, 3.05) is 18.8 Å². The van der Waals surface area contributed by atoms with Crippen LogP contribution in [0.15, 0.2) is 17.0 Å². The second kappa shape index (κ2) is 5.83. The van der Waals surface area contributed by atoms with E-state index in [0.29, 0.717) is 18.9 Å². The van der Waals surface area contributed by atoms with E-state index < -0.39 is 20.3 Å². The first-order valence-electron chi connectivity index (χ1n) is 8.02. The Morgan fingerprint density at radius 2 is 1.91 bits per heavy atom. The van der Waals surface area contributed by atoms with Crippen molar-refractivity contribution in [2.45, 2.75) is 54.7 Å². The largest absolute Gasteiger partial charge is 0.504 e. The van der Waals surface area contributed by atoms with Crippen molar-refractivity contribution in [3.8, 4) is 5.75 Å². The molecule has 1 aliphatic carbocycles. The Labute approximate surface area is 142 Å². The van der Waals surface area contributed by atoms with Gasteiger partial charge in [-0.2, -0.15) is 0 Å². The number of phenolic OH excluding ortho intramolecular Hbond substituents is 1. The minimum atomic E-state index is -3.77. The standard InChI is InChI=1S/C16H23ClN2O3S/c1-16(7-9-19(10-8-16)11-3-2-4-11)23(21,22)15-12(17)5-6-13(18)14(15)20/h5-6,11,20H,2-4,7-10,18H2,1H3. The predicted octanol–water partition coefficient (Wildman–Crippen LogP) is 2.81. The zero-order valence-corrected chi connectivity index (χ0v) is 14.8. The molecule has 1 saturated carbocycles. The molecule has 2 aliphatic rings. The van der Waals surface area contributed by atoms with Gasteiger partial charge in [0, 0.05) is 6.04 Å². The molecular formula is C16H23ClN2O3S. The van der Waals surface area contributed by atoms with Crippen LogP contribution in [0.25, 0.3) is 0 Å². The molecular weight excluding hydrogens is 336 g/mol. The Morgan fingerprint density at radius 3 is 2.43 bits per heavy atom. The third kappa shape index (κ3) is 2.71. The summed E-state index contributed by atoms with van der Waals surface area (Å²) in [6.07, 6.45) is 4.77. The van der Waals surface area contributed by atoms with Crippen LogP contribution < -0.4 is 5.73 Å². The zero-order valence-electron chi connectivity index (χ0n) is 13.3. The molecule has 2 fully saturated rings. The van der Waals surface area contributed by atoms with Gasteiger partial charge >= 0.3 is 0 Å². The SMILES string of the molecule is CC1(S(=O)(=O)c2c(Cl)ccc(N)c2O)CCN(C2CCC2)CC1. The first-order valence-corrected chi connectivity index (χ1v) is 9.88. The molecule has 5 nitrogen and oxygen atoms in total. The van der Waals surface area contributed by atoms with Gasteiger partial charge in [0.05, 0.1) is 15.5 Å². The molecule has 23 heavy (non-hydrogen) atoms. The number of nitrogens with two attached hydrogens (primary N) is 1. The van der Waals surface area contributed by atoms with Gasteiger partial charge in [0.25, 0.3) is 0 Å². The van der Waals surface area contributed by atoms with E-state index in [0.717, 1.165) is 13.1 Å². The summed E-state index contributed by atoms with van der Waals surface area (Å²) < 4.78 is 25.4. The summed E-state index contributed by atoms with van der Waals surface area (Å²) in [6.45, 7) is 3.28. The number of piperidine rings is 1. The zero-order chi connectivity index (χ0) is 16.8. The van der Waals surface area contributed by atoms with Crippen molar-refractivity contribution in [3.63, 3.8) is 0 Å². The van der Waals surface area contributed by atoms with Gasteiger partial charge in [0.1, 0.15) is 4.90 Å². The number of halogens is 1. The Hall–Kier alpha value is -0.980. The van der Waals surface area contributed by atoms with Gasteiger partial charge in [-0.1, -0.05) is 18.0 Å². The molecule has 0 spiro atoms. The fraction of sp³-hybridized carbons (Fsp3) is 0.625.